The van der Waals surface area contributed by atoms with Crippen molar-refractivity contribution >= 4 is 16.9 Å². The van der Waals surface area contributed by atoms with E-state index >= 15 is 0 Å². The summed E-state index contributed by atoms with van der Waals surface area (Å²) in [4.78, 5) is 8.78. The van der Waals surface area contributed by atoms with E-state index in [-0.39, 0.29) is 6.61 Å². The number of nitrogens with two attached hydrogens (primary N) is 1. The Balaban J connectivity index is 1.86. The van der Waals surface area contributed by atoms with Gasteiger partial charge in [-0.1, -0.05) is 17.7 Å². The largest absolute Gasteiger partial charge is 0.486 e. The molecule has 0 bridgehead atoms. The van der Waals surface area contributed by atoms with Crippen LogP contribution < -0.4 is 16.0 Å². The summed E-state index contributed by atoms with van der Waals surface area (Å²) in [6.07, 6.45) is 1.68. The van der Waals surface area contributed by atoms with E-state index in [0.717, 1.165) is 11.1 Å². The molecule has 0 saturated carbocycles. The van der Waals surface area contributed by atoms with E-state index in [9.17, 15) is 0 Å². The molecule has 3 N–H and O–H groups in total. The van der Waals surface area contributed by atoms with Crippen LogP contribution in [0.3, 0.4) is 0 Å². The average Bonchev–Trinajstić information content (AvgIpc) is 2.87. The predicted octanol–water partition coefficient (Wildman–Crippen LogP) is 1.54. The van der Waals surface area contributed by atoms with Crippen molar-refractivity contribution in [3.8, 4) is 5.75 Å². The van der Waals surface area contributed by atoms with E-state index in [1.54, 1.807) is 10.9 Å². The summed E-state index contributed by atoms with van der Waals surface area (Å²) < 4.78 is 7.36. The fourth-order valence-electron chi connectivity index (χ4n) is 2.02. The van der Waals surface area contributed by atoms with Gasteiger partial charge < -0.3 is 10.2 Å². The predicted molar refractivity (Wildman–Crippen MR) is 79.6 cm³/mol. The van der Waals surface area contributed by atoms with Crippen molar-refractivity contribution in [2.24, 2.45) is 12.9 Å². The molecule has 0 aliphatic carbocycles. The molecular weight excluding hydrogens is 268 g/mol. The Labute approximate surface area is 121 Å². The van der Waals surface area contributed by atoms with Gasteiger partial charge in [0.1, 0.15) is 12.4 Å². The zero-order valence-electron chi connectivity index (χ0n) is 11.9. The van der Waals surface area contributed by atoms with Crippen molar-refractivity contribution in [3.05, 3.63) is 41.9 Å². The average molecular weight is 284 g/mol. The van der Waals surface area contributed by atoms with Crippen LogP contribution in [0.5, 0.6) is 5.75 Å². The number of nitrogens with zero attached hydrogens (tertiary/aromatic N) is 4. The number of nitrogen functional groups attached to an aromatic ring is 1. The third-order valence-corrected chi connectivity index (χ3v) is 3.16. The first-order chi connectivity index (χ1) is 10.2. The molecule has 0 radical (unpaired) electrons. The number of fused-ring (bicyclic) bond motifs is 1. The zero-order valence-corrected chi connectivity index (χ0v) is 11.9. The molecule has 2 heterocycles. The fourth-order valence-corrected chi connectivity index (χ4v) is 2.02. The second-order valence-electron chi connectivity index (χ2n) is 4.74. The van der Waals surface area contributed by atoms with Crippen LogP contribution >= 0.6 is 0 Å². The molecule has 108 valence electrons. The molecule has 0 saturated heterocycles. The lowest BCUT2D eigenvalue weighted by Gasteiger charge is -2.08. The fraction of sp³-hybridized carbons (Fsp3) is 0.214. The lowest BCUT2D eigenvalue weighted by molar-refractivity contribution is 0.296. The van der Waals surface area contributed by atoms with Crippen LogP contribution in [0.15, 0.2) is 30.5 Å². The number of anilines is 1. The Morgan fingerprint density at radius 2 is 2.00 bits per heavy atom. The summed E-state index contributed by atoms with van der Waals surface area (Å²) in [7, 11) is 1.82. The standard InChI is InChI=1S/C14H16N6O/c1-9-3-5-10(6-4-9)21-8-12-17-13(19-15)11-7-16-20(2)14(11)18-12/h3-7H,8,15H2,1-2H3,(H,17,18,19). The van der Waals surface area contributed by atoms with E-state index in [0.29, 0.717) is 17.3 Å². The second-order valence-corrected chi connectivity index (χ2v) is 4.74. The minimum absolute atomic E-state index is 0.263. The van der Waals surface area contributed by atoms with Gasteiger partial charge in [-0.05, 0) is 19.1 Å². The van der Waals surface area contributed by atoms with Gasteiger partial charge in [-0.3, -0.25) is 4.68 Å². The molecule has 0 amide bonds. The maximum atomic E-state index is 5.69. The van der Waals surface area contributed by atoms with Crippen molar-refractivity contribution in [1.29, 1.82) is 0 Å². The summed E-state index contributed by atoms with van der Waals surface area (Å²) in [6, 6.07) is 7.82. The SMILES string of the molecule is Cc1ccc(OCc2nc(NN)c3cnn(C)c3n2)cc1. The second kappa shape index (κ2) is 5.37. The molecule has 2 aromatic heterocycles. The minimum atomic E-state index is 0.263. The number of ether oxygens (including phenoxy) is 1. The summed E-state index contributed by atoms with van der Waals surface area (Å²) >= 11 is 0. The monoisotopic (exact) mass is 284 g/mol. The Bertz CT molecular complexity index is 765. The van der Waals surface area contributed by atoms with Crippen molar-refractivity contribution in [3.63, 3.8) is 0 Å². The van der Waals surface area contributed by atoms with Crippen LogP contribution in [0.25, 0.3) is 11.0 Å². The molecule has 3 rings (SSSR count). The number of rotatable bonds is 4. The summed E-state index contributed by atoms with van der Waals surface area (Å²) in [5, 5.41) is 4.93. The number of aryl methyl sites for hydroxylation is 2. The lowest BCUT2D eigenvalue weighted by atomic mass is 10.2. The van der Waals surface area contributed by atoms with Gasteiger partial charge in [-0.25, -0.2) is 15.8 Å². The van der Waals surface area contributed by atoms with Crippen molar-refractivity contribution in [2.45, 2.75) is 13.5 Å². The van der Waals surface area contributed by atoms with Crippen LogP contribution in [0.4, 0.5) is 5.82 Å². The maximum Gasteiger partial charge on any atom is 0.170 e. The third kappa shape index (κ3) is 2.63. The van der Waals surface area contributed by atoms with Crippen LogP contribution in [0, 0.1) is 6.92 Å². The smallest absolute Gasteiger partial charge is 0.170 e. The summed E-state index contributed by atoms with van der Waals surface area (Å²) in [6.45, 7) is 2.29. The molecule has 0 aliphatic rings. The van der Waals surface area contributed by atoms with E-state index < -0.39 is 0 Å². The number of nitrogens with one attached hydrogen (secondary N) is 1. The summed E-state index contributed by atoms with van der Waals surface area (Å²) in [5.41, 5.74) is 4.46. The van der Waals surface area contributed by atoms with Crippen LogP contribution in [0.2, 0.25) is 0 Å². The van der Waals surface area contributed by atoms with E-state index in [1.807, 2.05) is 38.2 Å². The van der Waals surface area contributed by atoms with Gasteiger partial charge in [0.15, 0.2) is 17.3 Å². The highest BCUT2D eigenvalue weighted by Gasteiger charge is 2.11. The molecule has 7 nitrogen and oxygen atoms in total. The molecule has 0 atom stereocenters. The molecule has 21 heavy (non-hydrogen) atoms. The first kappa shape index (κ1) is 13.3. The molecule has 7 heteroatoms. The normalized spacial score (nSPS) is 10.8. The van der Waals surface area contributed by atoms with Crippen LogP contribution in [-0.4, -0.2) is 19.7 Å². The third-order valence-electron chi connectivity index (χ3n) is 3.16. The Hall–Kier alpha value is -2.67. The maximum absolute atomic E-state index is 5.69. The highest BCUT2D eigenvalue weighted by Crippen LogP contribution is 2.19. The van der Waals surface area contributed by atoms with E-state index in [1.165, 1.54) is 5.56 Å². The van der Waals surface area contributed by atoms with E-state index in [4.69, 9.17) is 10.6 Å². The number of aromatic nitrogens is 4. The molecular formula is C14H16N6O. The van der Waals surface area contributed by atoms with Gasteiger partial charge >= 0.3 is 0 Å². The molecule has 1 aromatic carbocycles. The van der Waals surface area contributed by atoms with Crippen LogP contribution in [0.1, 0.15) is 11.4 Å². The molecule has 3 aromatic rings. The Morgan fingerprint density at radius 3 is 2.71 bits per heavy atom. The highest BCUT2D eigenvalue weighted by atomic mass is 16.5. The van der Waals surface area contributed by atoms with Crippen molar-refractivity contribution in [2.75, 3.05) is 5.43 Å². The molecule has 0 aliphatic heterocycles. The van der Waals surface area contributed by atoms with Crippen LogP contribution in [-0.2, 0) is 13.7 Å². The van der Waals surface area contributed by atoms with Crippen molar-refractivity contribution in [1.82, 2.24) is 19.7 Å². The van der Waals surface area contributed by atoms with Gasteiger partial charge in [-0.2, -0.15) is 5.10 Å². The molecule has 0 unspecified atom stereocenters. The first-order valence-electron chi connectivity index (χ1n) is 6.52. The van der Waals surface area contributed by atoms with Gasteiger partial charge in [0.05, 0.1) is 11.6 Å². The number of hydrogen-bond donors (Lipinski definition) is 2. The number of benzene rings is 1. The van der Waals surface area contributed by atoms with E-state index in [2.05, 4.69) is 20.5 Å². The topological polar surface area (TPSA) is 90.9 Å². The summed E-state index contributed by atoms with van der Waals surface area (Å²) in [5.74, 6) is 7.35. The number of hydrogen-bond acceptors (Lipinski definition) is 6. The Morgan fingerprint density at radius 1 is 1.24 bits per heavy atom. The van der Waals surface area contributed by atoms with Gasteiger partial charge in [-0.15, -0.1) is 0 Å². The van der Waals surface area contributed by atoms with Gasteiger partial charge in [0, 0.05) is 7.05 Å². The lowest BCUT2D eigenvalue weighted by Crippen LogP contribution is -2.12. The van der Waals surface area contributed by atoms with Crippen molar-refractivity contribution < 1.29 is 4.74 Å². The van der Waals surface area contributed by atoms with Gasteiger partial charge in [0.25, 0.3) is 0 Å². The minimum Gasteiger partial charge on any atom is -0.486 e. The number of hydrazine groups is 1. The van der Waals surface area contributed by atoms with Gasteiger partial charge in [0.2, 0.25) is 0 Å². The quantitative estimate of drug-likeness (QED) is 0.558. The molecule has 0 fully saturated rings. The zero-order chi connectivity index (χ0) is 14.8. The first-order valence-corrected chi connectivity index (χ1v) is 6.52. The molecule has 0 spiro atoms. The Kier molecular flexibility index (Phi) is 3.41. The highest BCUT2D eigenvalue weighted by molar-refractivity contribution is 5.86.